The third-order valence-electron chi connectivity index (χ3n) is 9.16. The standard InChI is InChI=1S/C40H77NO5S/c1-3-5-7-9-11-13-15-17-19-20-21-22-24-26-28-30-32-34-36-40(43)41-38(37-47(44,45)46)39(42)35-33-31-29-27-25-23-18-16-14-12-10-8-6-4-2/h13,15,19-20,38-39,42H,3-12,14,16-18,21-37H2,1-2H3,(H,41,43)(H,44,45,46)/b15-13-,20-19-. The van der Waals surface area contributed by atoms with Gasteiger partial charge < -0.3 is 10.4 Å². The van der Waals surface area contributed by atoms with E-state index in [9.17, 15) is 22.9 Å². The number of allylic oxidation sites excluding steroid dienone is 4. The van der Waals surface area contributed by atoms with Crippen molar-refractivity contribution in [2.24, 2.45) is 0 Å². The number of hydrogen-bond acceptors (Lipinski definition) is 4. The van der Waals surface area contributed by atoms with Gasteiger partial charge in [-0.2, -0.15) is 8.42 Å². The third kappa shape index (κ3) is 35.9. The monoisotopic (exact) mass is 684 g/mol. The fourth-order valence-electron chi connectivity index (χ4n) is 6.13. The molecule has 0 radical (unpaired) electrons. The number of aliphatic hydroxyl groups excluding tert-OH is 1. The van der Waals surface area contributed by atoms with Gasteiger partial charge in [0.15, 0.2) is 0 Å². The molecule has 0 spiro atoms. The van der Waals surface area contributed by atoms with E-state index in [1.807, 2.05) is 0 Å². The van der Waals surface area contributed by atoms with Gasteiger partial charge in [0.05, 0.1) is 17.9 Å². The quantitative estimate of drug-likeness (QED) is 0.0346. The molecule has 2 unspecified atom stereocenters. The molecule has 6 nitrogen and oxygen atoms in total. The maximum Gasteiger partial charge on any atom is 0.266 e. The molecule has 0 saturated heterocycles. The Morgan fingerprint density at radius 3 is 1.40 bits per heavy atom. The average Bonchev–Trinajstić information content (AvgIpc) is 3.03. The van der Waals surface area contributed by atoms with Crippen molar-refractivity contribution in [3.63, 3.8) is 0 Å². The van der Waals surface area contributed by atoms with Gasteiger partial charge in [-0.1, -0.05) is 179 Å². The number of rotatable bonds is 36. The minimum absolute atomic E-state index is 0.253. The molecule has 7 heteroatoms. The van der Waals surface area contributed by atoms with Gasteiger partial charge in [-0.15, -0.1) is 0 Å². The van der Waals surface area contributed by atoms with Crippen LogP contribution >= 0.6 is 0 Å². The minimum Gasteiger partial charge on any atom is -0.391 e. The molecule has 0 aliphatic rings. The molecule has 0 rings (SSSR count). The first kappa shape index (κ1) is 45.8. The highest BCUT2D eigenvalue weighted by molar-refractivity contribution is 7.85. The Bertz CT molecular complexity index is 842. The minimum atomic E-state index is -4.31. The fourth-order valence-corrected chi connectivity index (χ4v) is 6.89. The topological polar surface area (TPSA) is 104 Å². The number of unbranched alkanes of at least 4 members (excludes halogenated alkanes) is 24. The summed E-state index contributed by atoms with van der Waals surface area (Å²) in [6.07, 6.45) is 42.6. The van der Waals surface area contributed by atoms with Gasteiger partial charge in [0.25, 0.3) is 10.1 Å². The van der Waals surface area contributed by atoms with Crippen LogP contribution < -0.4 is 5.32 Å². The molecule has 3 N–H and O–H groups in total. The van der Waals surface area contributed by atoms with E-state index >= 15 is 0 Å². The molecule has 0 saturated carbocycles. The number of hydrogen-bond donors (Lipinski definition) is 3. The summed E-state index contributed by atoms with van der Waals surface area (Å²) < 4.78 is 32.5. The molecule has 0 aromatic heterocycles. The van der Waals surface area contributed by atoms with Crippen molar-refractivity contribution in [3.05, 3.63) is 24.3 Å². The van der Waals surface area contributed by atoms with Crippen LogP contribution in [0.4, 0.5) is 0 Å². The molecule has 0 bridgehead atoms. The maximum atomic E-state index is 12.5. The van der Waals surface area contributed by atoms with Gasteiger partial charge in [-0.05, 0) is 44.9 Å². The van der Waals surface area contributed by atoms with Crippen molar-refractivity contribution in [3.8, 4) is 0 Å². The van der Waals surface area contributed by atoms with Crippen molar-refractivity contribution in [2.45, 2.75) is 219 Å². The zero-order valence-electron chi connectivity index (χ0n) is 30.9. The molecular weight excluding hydrogens is 607 g/mol. The summed E-state index contributed by atoms with van der Waals surface area (Å²) >= 11 is 0. The highest BCUT2D eigenvalue weighted by Gasteiger charge is 2.26. The average molecular weight is 684 g/mol. The highest BCUT2D eigenvalue weighted by Crippen LogP contribution is 2.16. The Labute approximate surface area is 292 Å². The van der Waals surface area contributed by atoms with Crippen LogP contribution in [0, 0.1) is 0 Å². The molecule has 0 aromatic rings. The SMILES string of the molecule is CCCCCC/C=C\C/C=C\CCCCCCCCCC(=O)NC(CS(=O)(=O)O)C(O)CCCCCCCCCCCCCCCC. The molecule has 278 valence electrons. The summed E-state index contributed by atoms with van der Waals surface area (Å²) in [6.45, 7) is 4.50. The van der Waals surface area contributed by atoms with Crippen LogP contribution in [0.3, 0.4) is 0 Å². The van der Waals surface area contributed by atoms with E-state index in [1.165, 1.54) is 122 Å². The molecule has 0 aromatic carbocycles. The molecular formula is C40H77NO5S. The van der Waals surface area contributed by atoms with E-state index in [1.54, 1.807) is 0 Å². The first-order chi connectivity index (χ1) is 22.8. The van der Waals surface area contributed by atoms with E-state index in [0.29, 0.717) is 12.8 Å². The van der Waals surface area contributed by atoms with Crippen molar-refractivity contribution in [1.82, 2.24) is 5.32 Å². The largest absolute Gasteiger partial charge is 0.391 e. The van der Waals surface area contributed by atoms with Crippen molar-refractivity contribution in [2.75, 3.05) is 5.75 Å². The van der Waals surface area contributed by atoms with Crippen LogP contribution in [-0.2, 0) is 14.9 Å². The van der Waals surface area contributed by atoms with Crippen LogP contribution in [-0.4, -0.2) is 41.9 Å². The molecule has 47 heavy (non-hydrogen) atoms. The molecule has 0 aliphatic heterocycles. The Balaban J connectivity index is 3.89. The predicted molar refractivity (Wildman–Crippen MR) is 202 cm³/mol. The first-order valence-electron chi connectivity index (χ1n) is 20.0. The van der Waals surface area contributed by atoms with E-state index in [0.717, 1.165) is 57.8 Å². The normalized spacial score (nSPS) is 13.5. The summed E-state index contributed by atoms with van der Waals surface area (Å²) in [5, 5.41) is 13.3. The summed E-state index contributed by atoms with van der Waals surface area (Å²) in [6, 6.07) is -0.972. The Morgan fingerprint density at radius 2 is 0.957 bits per heavy atom. The summed E-state index contributed by atoms with van der Waals surface area (Å²) in [4.78, 5) is 12.5. The number of carbonyl (C=O) groups excluding carboxylic acids is 1. The smallest absolute Gasteiger partial charge is 0.266 e. The number of nitrogens with one attached hydrogen (secondary N) is 1. The highest BCUT2D eigenvalue weighted by atomic mass is 32.2. The maximum absolute atomic E-state index is 12.5. The zero-order chi connectivity index (χ0) is 34.7. The molecule has 0 heterocycles. The molecule has 2 atom stereocenters. The van der Waals surface area contributed by atoms with Gasteiger partial charge in [-0.3, -0.25) is 9.35 Å². The van der Waals surface area contributed by atoms with Crippen molar-refractivity contribution in [1.29, 1.82) is 0 Å². The number of amides is 1. The van der Waals surface area contributed by atoms with Crippen LogP contribution in [0.2, 0.25) is 0 Å². The van der Waals surface area contributed by atoms with Gasteiger partial charge in [0.2, 0.25) is 5.91 Å². The van der Waals surface area contributed by atoms with Crippen molar-refractivity contribution >= 4 is 16.0 Å². The van der Waals surface area contributed by atoms with Crippen LogP contribution in [0.5, 0.6) is 0 Å². The Kier molecular flexibility index (Phi) is 33.8. The van der Waals surface area contributed by atoms with Crippen LogP contribution in [0.1, 0.15) is 206 Å². The van der Waals surface area contributed by atoms with Gasteiger partial charge in [0.1, 0.15) is 0 Å². The second kappa shape index (κ2) is 34.7. The second-order valence-corrected chi connectivity index (χ2v) is 15.4. The fraction of sp³-hybridized carbons (Fsp3) is 0.875. The second-order valence-electron chi connectivity index (χ2n) is 13.9. The summed E-state index contributed by atoms with van der Waals surface area (Å²) in [7, 11) is -4.31. The van der Waals surface area contributed by atoms with E-state index in [4.69, 9.17) is 0 Å². The summed E-state index contributed by atoms with van der Waals surface area (Å²) in [5.74, 6) is -0.902. The lowest BCUT2D eigenvalue weighted by atomic mass is 10.0. The van der Waals surface area contributed by atoms with Gasteiger partial charge >= 0.3 is 0 Å². The molecule has 0 aliphatic carbocycles. The lowest BCUT2D eigenvalue weighted by Crippen LogP contribution is -2.47. The lowest BCUT2D eigenvalue weighted by Gasteiger charge is -2.23. The summed E-state index contributed by atoms with van der Waals surface area (Å²) in [5.41, 5.74) is 0. The number of carbonyl (C=O) groups is 1. The van der Waals surface area contributed by atoms with E-state index in [-0.39, 0.29) is 5.91 Å². The van der Waals surface area contributed by atoms with E-state index in [2.05, 4.69) is 43.5 Å². The molecule has 1 amide bonds. The predicted octanol–water partition coefficient (Wildman–Crippen LogP) is 11.6. The molecule has 0 fully saturated rings. The Morgan fingerprint density at radius 1 is 0.574 bits per heavy atom. The van der Waals surface area contributed by atoms with Gasteiger partial charge in [-0.25, -0.2) is 0 Å². The van der Waals surface area contributed by atoms with E-state index < -0.39 is 28.0 Å². The van der Waals surface area contributed by atoms with Crippen LogP contribution in [0.15, 0.2) is 24.3 Å². The number of aliphatic hydroxyl groups is 1. The zero-order valence-corrected chi connectivity index (χ0v) is 31.7. The van der Waals surface area contributed by atoms with Crippen molar-refractivity contribution < 1.29 is 22.9 Å². The Hall–Kier alpha value is -1.18. The van der Waals surface area contributed by atoms with Crippen LogP contribution in [0.25, 0.3) is 0 Å². The lowest BCUT2D eigenvalue weighted by molar-refractivity contribution is -0.122. The first-order valence-corrected chi connectivity index (χ1v) is 21.6. The van der Waals surface area contributed by atoms with Gasteiger partial charge in [0, 0.05) is 6.42 Å². The third-order valence-corrected chi connectivity index (χ3v) is 9.94.